The Morgan fingerprint density at radius 1 is 1.30 bits per heavy atom. The van der Waals surface area contributed by atoms with Crippen LogP contribution in [0.25, 0.3) is 0 Å². The van der Waals surface area contributed by atoms with Crippen LogP contribution in [0.4, 0.5) is 0 Å². The van der Waals surface area contributed by atoms with Crippen LogP contribution in [-0.4, -0.2) is 52.8 Å². The minimum Gasteiger partial charge on any atom is -0.478 e. The first-order valence-electron chi connectivity index (χ1n) is 6.23. The summed E-state index contributed by atoms with van der Waals surface area (Å²) in [6.07, 6.45) is 0.193. The van der Waals surface area contributed by atoms with Crippen molar-refractivity contribution in [3.05, 3.63) is 35.4 Å². The molecule has 2 amide bonds. The number of benzene rings is 1. The van der Waals surface area contributed by atoms with Crippen LogP contribution < -0.4 is 0 Å². The Bertz CT molecular complexity index is 551. The van der Waals surface area contributed by atoms with Crippen molar-refractivity contribution in [3.8, 4) is 0 Å². The van der Waals surface area contributed by atoms with E-state index < -0.39 is 12.0 Å². The van der Waals surface area contributed by atoms with Crippen molar-refractivity contribution in [2.75, 3.05) is 14.1 Å². The first kappa shape index (κ1) is 14.2. The zero-order valence-electron chi connectivity index (χ0n) is 11.4. The maximum absolute atomic E-state index is 12.1. The summed E-state index contributed by atoms with van der Waals surface area (Å²) in [5, 5.41) is 8.82. The number of nitrogens with zero attached hydrogens (tertiary/aromatic N) is 2. The topological polar surface area (TPSA) is 77.9 Å². The zero-order chi connectivity index (χ0) is 14.9. The van der Waals surface area contributed by atoms with Gasteiger partial charge >= 0.3 is 5.97 Å². The van der Waals surface area contributed by atoms with Crippen LogP contribution in [0.1, 0.15) is 22.3 Å². The van der Waals surface area contributed by atoms with Gasteiger partial charge in [-0.05, 0) is 31.8 Å². The molecule has 6 nitrogen and oxygen atoms in total. The van der Waals surface area contributed by atoms with Gasteiger partial charge in [-0.3, -0.25) is 19.4 Å². The van der Waals surface area contributed by atoms with E-state index in [1.165, 1.54) is 17.0 Å². The highest BCUT2D eigenvalue weighted by molar-refractivity contribution is 6.05. The summed E-state index contributed by atoms with van der Waals surface area (Å²) in [6, 6.07) is 5.76. The molecule has 0 saturated carbocycles. The highest BCUT2D eigenvalue weighted by Crippen LogP contribution is 2.19. The fraction of sp³-hybridized carbons (Fsp3) is 0.357. The molecule has 1 heterocycles. The van der Waals surface area contributed by atoms with E-state index in [0.717, 1.165) is 5.56 Å². The third-order valence-electron chi connectivity index (χ3n) is 3.39. The molecule has 2 rings (SSSR count). The first-order valence-corrected chi connectivity index (χ1v) is 6.23. The van der Waals surface area contributed by atoms with E-state index in [4.69, 9.17) is 5.11 Å². The van der Waals surface area contributed by atoms with E-state index in [0.29, 0.717) is 0 Å². The van der Waals surface area contributed by atoms with Gasteiger partial charge in [0.2, 0.25) is 11.8 Å². The number of carboxylic acids is 1. The average Bonchev–Trinajstić information content (AvgIpc) is 2.67. The summed E-state index contributed by atoms with van der Waals surface area (Å²) in [6.45, 7) is 0.182. The minimum absolute atomic E-state index is 0.180. The molecular weight excluding hydrogens is 260 g/mol. The van der Waals surface area contributed by atoms with Gasteiger partial charge in [0, 0.05) is 0 Å². The van der Waals surface area contributed by atoms with Gasteiger partial charge in [-0.1, -0.05) is 12.1 Å². The third-order valence-corrected chi connectivity index (χ3v) is 3.39. The summed E-state index contributed by atoms with van der Waals surface area (Å²) < 4.78 is 0. The van der Waals surface area contributed by atoms with Crippen LogP contribution in [-0.2, 0) is 16.1 Å². The standard InChI is InChI=1S/C14H16N2O4/c1-15(2)11-7-12(17)16(13(11)18)8-9-3-5-10(6-4-9)14(19)20/h3-6,11H,7-8H2,1-2H3,(H,19,20). The number of imide groups is 1. The molecule has 1 atom stereocenters. The molecule has 0 radical (unpaired) electrons. The van der Waals surface area contributed by atoms with E-state index >= 15 is 0 Å². The van der Waals surface area contributed by atoms with Gasteiger partial charge < -0.3 is 5.11 Å². The SMILES string of the molecule is CN(C)C1CC(=O)N(Cc2ccc(C(=O)O)cc2)C1=O. The van der Waals surface area contributed by atoms with Crippen molar-refractivity contribution in [3.63, 3.8) is 0 Å². The molecule has 1 N–H and O–H groups in total. The van der Waals surface area contributed by atoms with Gasteiger partial charge in [-0.2, -0.15) is 0 Å². The third kappa shape index (κ3) is 2.70. The molecule has 6 heteroatoms. The molecule has 1 aliphatic rings. The predicted molar refractivity (Wildman–Crippen MR) is 71.1 cm³/mol. The van der Waals surface area contributed by atoms with Gasteiger partial charge in [0.1, 0.15) is 0 Å². The van der Waals surface area contributed by atoms with Gasteiger partial charge in [0.15, 0.2) is 0 Å². The lowest BCUT2D eigenvalue weighted by Gasteiger charge is -2.18. The summed E-state index contributed by atoms with van der Waals surface area (Å²) in [5.41, 5.74) is 0.912. The van der Waals surface area contributed by atoms with E-state index in [9.17, 15) is 14.4 Å². The van der Waals surface area contributed by atoms with Crippen molar-refractivity contribution in [1.82, 2.24) is 9.80 Å². The second kappa shape index (κ2) is 5.42. The number of rotatable bonds is 4. The van der Waals surface area contributed by atoms with Crippen LogP contribution in [0.3, 0.4) is 0 Å². The first-order chi connectivity index (χ1) is 9.40. The highest BCUT2D eigenvalue weighted by atomic mass is 16.4. The number of aromatic carboxylic acids is 1. The lowest BCUT2D eigenvalue weighted by Crippen LogP contribution is -2.37. The van der Waals surface area contributed by atoms with Crippen molar-refractivity contribution in [1.29, 1.82) is 0 Å². The Balaban J connectivity index is 2.12. The van der Waals surface area contributed by atoms with Crippen LogP contribution in [0, 0.1) is 0 Å². The summed E-state index contributed by atoms with van der Waals surface area (Å²) in [4.78, 5) is 37.7. The van der Waals surface area contributed by atoms with Gasteiger partial charge in [0.25, 0.3) is 0 Å². The number of hydrogen-bond acceptors (Lipinski definition) is 4. The van der Waals surface area contributed by atoms with Crippen LogP contribution in [0.2, 0.25) is 0 Å². The second-order valence-corrected chi connectivity index (χ2v) is 5.00. The number of amides is 2. The predicted octanol–water partition coefficient (Wildman–Crippen LogP) is 0.574. The van der Waals surface area contributed by atoms with Crippen LogP contribution in [0.15, 0.2) is 24.3 Å². The van der Waals surface area contributed by atoms with Gasteiger partial charge in [0.05, 0.1) is 24.6 Å². The lowest BCUT2D eigenvalue weighted by molar-refractivity contribution is -0.140. The maximum atomic E-state index is 12.1. The highest BCUT2D eigenvalue weighted by Gasteiger charge is 2.39. The maximum Gasteiger partial charge on any atom is 0.335 e. The van der Waals surface area contributed by atoms with E-state index in [2.05, 4.69) is 0 Å². The van der Waals surface area contributed by atoms with Crippen molar-refractivity contribution in [2.45, 2.75) is 19.0 Å². The summed E-state index contributed by atoms with van der Waals surface area (Å²) in [5.74, 6) is -1.41. The molecule has 1 fully saturated rings. The second-order valence-electron chi connectivity index (χ2n) is 5.00. The van der Waals surface area contributed by atoms with E-state index in [1.807, 2.05) is 0 Å². The fourth-order valence-electron chi connectivity index (χ4n) is 2.17. The number of carbonyl (C=O) groups excluding carboxylic acids is 2. The molecule has 1 saturated heterocycles. The fourth-order valence-corrected chi connectivity index (χ4v) is 2.17. The van der Waals surface area contributed by atoms with Gasteiger partial charge in [-0.15, -0.1) is 0 Å². The number of hydrogen-bond donors (Lipinski definition) is 1. The summed E-state index contributed by atoms with van der Waals surface area (Å²) >= 11 is 0. The quantitative estimate of drug-likeness (QED) is 0.814. The van der Waals surface area contributed by atoms with Crippen molar-refractivity contribution in [2.24, 2.45) is 0 Å². The Labute approximate surface area is 116 Å². The Kier molecular flexibility index (Phi) is 3.85. The molecule has 0 bridgehead atoms. The lowest BCUT2D eigenvalue weighted by atomic mass is 10.1. The molecule has 20 heavy (non-hydrogen) atoms. The molecule has 0 aliphatic carbocycles. The molecule has 1 aliphatic heterocycles. The van der Waals surface area contributed by atoms with E-state index in [-0.39, 0.29) is 30.3 Å². The summed E-state index contributed by atoms with van der Waals surface area (Å²) in [7, 11) is 3.53. The normalized spacial score (nSPS) is 18.9. The van der Waals surface area contributed by atoms with Gasteiger partial charge in [-0.25, -0.2) is 4.79 Å². The van der Waals surface area contributed by atoms with E-state index in [1.54, 1.807) is 31.1 Å². The Hall–Kier alpha value is -2.21. The molecule has 106 valence electrons. The molecule has 1 unspecified atom stereocenters. The Morgan fingerprint density at radius 3 is 2.35 bits per heavy atom. The molecule has 1 aromatic rings. The largest absolute Gasteiger partial charge is 0.478 e. The van der Waals surface area contributed by atoms with Crippen LogP contribution in [0.5, 0.6) is 0 Å². The number of carboxylic acid groups (broad SMARTS) is 1. The van der Waals surface area contributed by atoms with Crippen LogP contribution >= 0.6 is 0 Å². The monoisotopic (exact) mass is 276 g/mol. The Morgan fingerprint density at radius 2 is 1.90 bits per heavy atom. The smallest absolute Gasteiger partial charge is 0.335 e. The van der Waals surface area contributed by atoms with Crippen molar-refractivity contribution >= 4 is 17.8 Å². The van der Waals surface area contributed by atoms with Crippen molar-refractivity contribution < 1.29 is 19.5 Å². The number of carbonyl (C=O) groups is 3. The minimum atomic E-state index is -1.00. The number of likely N-dealkylation sites (tertiary alicyclic amines) is 1. The number of likely N-dealkylation sites (N-methyl/N-ethyl adjacent to an activating group) is 1. The zero-order valence-corrected chi connectivity index (χ0v) is 11.4. The molecule has 1 aromatic carbocycles. The molecular formula is C14H16N2O4. The molecule has 0 aromatic heterocycles. The average molecular weight is 276 g/mol. The molecule has 0 spiro atoms.